The SMILES string of the molecule is FC(F)(F)c1ccccc1-c1cc2cccnc2c(Nc2n[nH]c3ccccc23)n1.[V]. The summed E-state index contributed by atoms with van der Waals surface area (Å²) >= 11 is 0. The van der Waals surface area contributed by atoms with Crippen molar-refractivity contribution in [2.45, 2.75) is 6.18 Å². The molecule has 3 aromatic heterocycles. The summed E-state index contributed by atoms with van der Waals surface area (Å²) in [5, 5.41) is 11.8. The molecule has 3 heterocycles. The average Bonchev–Trinajstić information content (AvgIpc) is 3.16. The number of alkyl halides is 3. The van der Waals surface area contributed by atoms with Gasteiger partial charge in [0.25, 0.3) is 0 Å². The molecule has 5 aromatic rings. The van der Waals surface area contributed by atoms with Crippen molar-refractivity contribution in [1.82, 2.24) is 20.2 Å². The molecule has 0 aliphatic carbocycles. The quantitative estimate of drug-likeness (QED) is 0.353. The van der Waals surface area contributed by atoms with Gasteiger partial charge in [0.15, 0.2) is 11.6 Å². The second-order valence-electron chi connectivity index (χ2n) is 6.72. The second-order valence-corrected chi connectivity index (χ2v) is 6.72. The average molecular weight is 456 g/mol. The minimum atomic E-state index is -4.49. The van der Waals surface area contributed by atoms with E-state index < -0.39 is 11.7 Å². The van der Waals surface area contributed by atoms with E-state index in [1.165, 1.54) is 12.1 Å². The Hall–Kier alpha value is -3.36. The van der Waals surface area contributed by atoms with Crippen LogP contribution in [-0.4, -0.2) is 20.2 Å². The van der Waals surface area contributed by atoms with E-state index in [0.29, 0.717) is 22.5 Å². The molecule has 0 atom stereocenters. The van der Waals surface area contributed by atoms with Gasteiger partial charge in [-0.3, -0.25) is 10.1 Å². The van der Waals surface area contributed by atoms with Crippen LogP contribution < -0.4 is 5.32 Å². The van der Waals surface area contributed by atoms with E-state index in [-0.39, 0.29) is 29.8 Å². The molecule has 0 aliphatic heterocycles. The van der Waals surface area contributed by atoms with Gasteiger partial charge in [0, 0.05) is 41.1 Å². The van der Waals surface area contributed by atoms with Gasteiger partial charge in [-0.1, -0.05) is 36.4 Å². The first-order valence-electron chi connectivity index (χ1n) is 9.13. The first-order valence-corrected chi connectivity index (χ1v) is 9.13. The number of nitrogens with one attached hydrogen (secondary N) is 2. The molecule has 31 heavy (non-hydrogen) atoms. The molecule has 5 rings (SSSR count). The van der Waals surface area contributed by atoms with Crippen LogP contribution in [0.1, 0.15) is 5.56 Å². The molecule has 9 heteroatoms. The third kappa shape index (κ3) is 3.87. The normalized spacial score (nSPS) is 11.5. The van der Waals surface area contributed by atoms with Crippen molar-refractivity contribution < 1.29 is 31.7 Å². The van der Waals surface area contributed by atoms with Crippen molar-refractivity contribution >= 4 is 33.4 Å². The Morgan fingerprint density at radius 2 is 1.65 bits per heavy atom. The van der Waals surface area contributed by atoms with Crippen molar-refractivity contribution in [3.05, 3.63) is 78.5 Å². The van der Waals surface area contributed by atoms with Gasteiger partial charge in [-0.25, -0.2) is 4.98 Å². The monoisotopic (exact) mass is 456 g/mol. The number of halogens is 3. The summed E-state index contributed by atoms with van der Waals surface area (Å²) in [5.74, 6) is 0.851. The number of hydrogen-bond acceptors (Lipinski definition) is 4. The molecule has 5 nitrogen and oxygen atoms in total. The third-order valence-electron chi connectivity index (χ3n) is 4.80. The largest absolute Gasteiger partial charge is 0.417 e. The topological polar surface area (TPSA) is 66.5 Å². The zero-order chi connectivity index (χ0) is 20.7. The second kappa shape index (κ2) is 8.05. The van der Waals surface area contributed by atoms with Gasteiger partial charge >= 0.3 is 6.18 Å². The number of rotatable bonds is 3. The first kappa shape index (κ1) is 20.9. The summed E-state index contributed by atoms with van der Waals surface area (Å²) in [6.45, 7) is 0. The van der Waals surface area contributed by atoms with E-state index in [9.17, 15) is 13.2 Å². The standard InChI is InChI=1S/C22H14F3N5.V/c23-22(24,25)16-9-3-1-7-14(16)18-12-13-6-5-11-26-19(13)21(27-18)28-20-15-8-2-4-10-17(15)29-30-20;/h1-12H,(H2,27,28,29,30);. The number of hydrogen-bond donors (Lipinski definition) is 2. The zero-order valence-corrected chi connectivity index (χ0v) is 17.2. The predicted molar refractivity (Wildman–Crippen MR) is 109 cm³/mol. The fourth-order valence-electron chi connectivity index (χ4n) is 3.43. The van der Waals surface area contributed by atoms with E-state index >= 15 is 0 Å². The molecule has 153 valence electrons. The number of para-hydroxylation sites is 1. The van der Waals surface area contributed by atoms with E-state index in [2.05, 4.69) is 25.5 Å². The van der Waals surface area contributed by atoms with Gasteiger partial charge in [0.1, 0.15) is 5.52 Å². The molecule has 0 aliphatic rings. The fraction of sp³-hybridized carbons (Fsp3) is 0.0455. The third-order valence-corrected chi connectivity index (χ3v) is 4.80. The van der Waals surface area contributed by atoms with Crippen LogP contribution in [0.3, 0.4) is 0 Å². The zero-order valence-electron chi connectivity index (χ0n) is 15.9. The van der Waals surface area contributed by atoms with Crippen LogP contribution in [0.25, 0.3) is 33.1 Å². The summed E-state index contributed by atoms with van der Waals surface area (Å²) in [5.41, 5.74) is 0.835. The molecule has 0 saturated heterocycles. The number of nitrogens with zero attached hydrogens (tertiary/aromatic N) is 3. The Balaban J connectivity index is 0.00000231. The van der Waals surface area contributed by atoms with Gasteiger partial charge in [-0.15, -0.1) is 0 Å². The van der Waals surface area contributed by atoms with Crippen LogP contribution in [0, 0.1) is 0 Å². The van der Waals surface area contributed by atoms with Crippen molar-refractivity contribution in [1.29, 1.82) is 0 Å². The van der Waals surface area contributed by atoms with E-state index in [4.69, 9.17) is 0 Å². The minimum absolute atomic E-state index is 0. The van der Waals surface area contributed by atoms with Crippen LogP contribution >= 0.6 is 0 Å². The number of pyridine rings is 2. The maximum atomic E-state index is 13.6. The van der Waals surface area contributed by atoms with Crippen molar-refractivity contribution in [2.24, 2.45) is 0 Å². The van der Waals surface area contributed by atoms with Crippen LogP contribution in [0.5, 0.6) is 0 Å². The molecule has 0 bridgehead atoms. The Labute approximate surface area is 186 Å². The Kier molecular flexibility index (Phi) is 5.43. The summed E-state index contributed by atoms with van der Waals surface area (Å²) < 4.78 is 40.7. The molecular weight excluding hydrogens is 442 g/mol. The molecule has 0 spiro atoms. The summed E-state index contributed by atoms with van der Waals surface area (Å²) in [6, 6.07) is 18.1. The first-order chi connectivity index (χ1) is 14.5. The minimum Gasteiger partial charge on any atom is -0.321 e. The number of anilines is 2. The molecule has 0 fully saturated rings. The van der Waals surface area contributed by atoms with Crippen molar-refractivity contribution in [2.75, 3.05) is 5.32 Å². The number of fused-ring (bicyclic) bond motifs is 2. The van der Waals surface area contributed by atoms with Gasteiger partial charge in [0.2, 0.25) is 0 Å². The Morgan fingerprint density at radius 3 is 2.48 bits per heavy atom. The van der Waals surface area contributed by atoms with Crippen LogP contribution in [0.4, 0.5) is 24.8 Å². The fourth-order valence-corrected chi connectivity index (χ4v) is 3.43. The van der Waals surface area contributed by atoms with Crippen molar-refractivity contribution in [3.63, 3.8) is 0 Å². The van der Waals surface area contributed by atoms with Gasteiger partial charge in [-0.2, -0.15) is 18.3 Å². The van der Waals surface area contributed by atoms with E-state index in [1.807, 2.05) is 24.3 Å². The summed E-state index contributed by atoms with van der Waals surface area (Å²) in [6.07, 6.45) is -2.88. The number of aromatic amines is 1. The van der Waals surface area contributed by atoms with Crippen molar-refractivity contribution in [3.8, 4) is 11.3 Å². The summed E-state index contributed by atoms with van der Waals surface area (Å²) in [4.78, 5) is 8.86. The maximum absolute atomic E-state index is 13.6. The van der Waals surface area contributed by atoms with Gasteiger partial charge in [-0.05, 0) is 30.3 Å². The Morgan fingerprint density at radius 1 is 0.871 bits per heavy atom. The van der Waals surface area contributed by atoms with Crippen LogP contribution in [0.15, 0.2) is 72.9 Å². The van der Waals surface area contributed by atoms with Crippen LogP contribution in [0.2, 0.25) is 0 Å². The number of aromatic nitrogens is 4. The smallest absolute Gasteiger partial charge is 0.321 e. The van der Waals surface area contributed by atoms with E-state index in [1.54, 1.807) is 30.5 Å². The molecular formula is C22H14F3N5V. The molecule has 0 unspecified atom stereocenters. The van der Waals surface area contributed by atoms with E-state index in [0.717, 1.165) is 17.0 Å². The molecule has 2 aromatic carbocycles. The molecule has 2 N–H and O–H groups in total. The Bertz CT molecular complexity index is 1380. The molecule has 1 radical (unpaired) electrons. The number of benzene rings is 2. The summed E-state index contributed by atoms with van der Waals surface area (Å²) in [7, 11) is 0. The number of H-pyrrole nitrogens is 1. The maximum Gasteiger partial charge on any atom is 0.417 e. The van der Waals surface area contributed by atoms with Crippen LogP contribution in [-0.2, 0) is 24.7 Å². The molecule has 0 amide bonds. The van der Waals surface area contributed by atoms with Gasteiger partial charge in [0.05, 0.1) is 16.8 Å². The predicted octanol–water partition coefficient (Wildman–Crippen LogP) is 5.93. The molecule has 0 saturated carbocycles. The van der Waals surface area contributed by atoms with Gasteiger partial charge < -0.3 is 5.32 Å².